The van der Waals surface area contributed by atoms with Gasteiger partial charge in [0.2, 0.25) is 0 Å². The van der Waals surface area contributed by atoms with Crippen LogP contribution >= 0.6 is 23.1 Å². The van der Waals surface area contributed by atoms with Crippen molar-refractivity contribution in [3.8, 4) is 0 Å². The van der Waals surface area contributed by atoms with E-state index in [1.165, 1.54) is 36.2 Å². The molecule has 0 unspecified atom stereocenters. The molecule has 0 aliphatic heterocycles. The maximum atomic E-state index is 12.4. The molecule has 1 aliphatic rings. The predicted molar refractivity (Wildman–Crippen MR) is 93.4 cm³/mol. The molecule has 1 amide bonds. The molecule has 2 aromatic rings. The number of amides is 1. The first-order valence-corrected chi connectivity index (χ1v) is 9.21. The number of nitrogen functional groups attached to an aromatic ring is 1. The van der Waals surface area contributed by atoms with Crippen molar-refractivity contribution in [3.05, 3.63) is 28.6 Å². The molecule has 1 heterocycles. The van der Waals surface area contributed by atoms with Crippen molar-refractivity contribution in [1.82, 2.24) is 5.32 Å². The van der Waals surface area contributed by atoms with Crippen molar-refractivity contribution in [1.29, 1.82) is 0 Å². The lowest BCUT2D eigenvalue weighted by Crippen LogP contribution is -2.45. The molecule has 3 nitrogen and oxygen atoms in total. The summed E-state index contributed by atoms with van der Waals surface area (Å²) in [5, 5.41) is 4.06. The standard InChI is InChI=1S/C16H20N2OS2/c1-10-4-5-11-12(8-10)21-14(13(11)17)15(19)18-9-16(20-2)6-3-7-16/h4-5,8H,3,6-7,9,17H2,1-2H3,(H,18,19). The summed E-state index contributed by atoms with van der Waals surface area (Å²) < 4.78 is 1.33. The quantitative estimate of drug-likeness (QED) is 0.901. The van der Waals surface area contributed by atoms with E-state index in [1.54, 1.807) is 0 Å². The highest BCUT2D eigenvalue weighted by atomic mass is 32.2. The number of nitrogens with one attached hydrogen (secondary N) is 1. The lowest BCUT2D eigenvalue weighted by molar-refractivity contribution is 0.0949. The van der Waals surface area contributed by atoms with Gasteiger partial charge in [-0.25, -0.2) is 0 Å². The second kappa shape index (κ2) is 5.54. The molecule has 1 aromatic carbocycles. The van der Waals surface area contributed by atoms with Gasteiger partial charge in [-0.15, -0.1) is 11.3 Å². The Bertz CT molecular complexity index is 683. The largest absolute Gasteiger partial charge is 0.397 e. The average molecular weight is 320 g/mol. The third-order valence-corrected chi connectivity index (χ3v) is 6.94. The van der Waals surface area contributed by atoms with Crippen molar-refractivity contribution < 1.29 is 4.79 Å². The van der Waals surface area contributed by atoms with Gasteiger partial charge in [-0.3, -0.25) is 4.79 Å². The van der Waals surface area contributed by atoms with E-state index in [0.29, 0.717) is 10.6 Å². The Labute approximate surface area is 133 Å². The maximum absolute atomic E-state index is 12.4. The van der Waals surface area contributed by atoms with Crippen molar-refractivity contribution >= 4 is 44.8 Å². The Balaban J connectivity index is 1.80. The molecule has 0 saturated heterocycles. The minimum atomic E-state index is -0.0355. The molecular weight excluding hydrogens is 300 g/mol. The summed E-state index contributed by atoms with van der Waals surface area (Å²) in [6.07, 6.45) is 5.77. The highest BCUT2D eigenvalue weighted by Crippen LogP contribution is 2.42. The van der Waals surface area contributed by atoms with Gasteiger partial charge in [-0.05, 0) is 37.7 Å². The summed E-state index contributed by atoms with van der Waals surface area (Å²) in [6, 6.07) is 6.12. The fourth-order valence-corrected chi connectivity index (χ4v) is 4.79. The summed E-state index contributed by atoms with van der Waals surface area (Å²) in [4.78, 5) is 13.1. The summed E-state index contributed by atoms with van der Waals surface area (Å²) in [6.45, 7) is 2.79. The summed E-state index contributed by atoms with van der Waals surface area (Å²) in [7, 11) is 0. The number of carbonyl (C=O) groups excluding carboxylic acids is 1. The molecular formula is C16H20N2OS2. The van der Waals surface area contributed by atoms with Gasteiger partial charge in [0.05, 0.1) is 5.69 Å². The van der Waals surface area contributed by atoms with Crippen LogP contribution in [-0.2, 0) is 0 Å². The molecule has 1 fully saturated rings. The topological polar surface area (TPSA) is 55.1 Å². The van der Waals surface area contributed by atoms with Crippen LogP contribution in [0.15, 0.2) is 18.2 Å². The Morgan fingerprint density at radius 1 is 1.48 bits per heavy atom. The molecule has 0 spiro atoms. The second-order valence-corrected chi connectivity index (χ2v) is 8.09. The third-order valence-electron chi connectivity index (χ3n) is 4.36. The number of thiophene rings is 1. The molecule has 21 heavy (non-hydrogen) atoms. The van der Waals surface area contributed by atoms with Crippen LogP contribution in [0.1, 0.15) is 34.5 Å². The Morgan fingerprint density at radius 3 is 2.86 bits per heavy atom. The number of anilines is 1. The van der Waals surface area contributed by atoms with Crippen molar-refractivity contribution in [2.24, 2.45) is 0 Å². The summed E-state index contributed by atoms with van der Waals surface area (Å²) >= 11 is 3.35. The third kappa shape index (κ3) is 2.64. The molecule has 0 atom stereocenters. The van der Waals surface area contributed by atoms with Crippen LogP contribution in [0.2, 0.25) is 0 Å². The number of carbonyl (C=O) groups is 1. The highest BCUT2D eigenvalue weighted by Gasteiger charge is 2.36. The average Bonchev–Trinajstić information content (AvgIpc) is 2.74. The molecule has 1 aromatic heterocycles. The predicted octanol–water partition coefficient (Wildman–Crippen LogP) is 3.81. The molecule has 3 N–H and O–H groups in total. The van der Waals surface area contributed by atoms with Crippen molar-refractivity contribution in [2.45, 2.75) is 30.9 Å². The molecule has 3 rings (SSSR count). The summed E-state index contributed by atoms with van der Waals surface area (Å²) in [5.74, 6) is -0.0355. The van der Waals surface area contributed by atoms with E-state index in [1.807, 2.05) is 30.8 Å². The minimum Gasteiger partial charge on any atom is -0.397 e. The van der Waals surface area contributed by atoms with Gasteiger partial charge in [0.25, 0.3) is 5.91 Å². The number of rotatable bonds is 4. The van der Waals surface area contributed by atoms with Gasteiger partial charge in [-0.2, -0.15) is 11.8 Å². The van der Waals surface area contributed by atoms with E-state index in [9.17, 15) is 4.79 Å². The monoisotopic (exact) mass is 320 g/mol. The lowest BCUT2D eigenvalue weighted by atomic mass is 9.84. The minimum absolute atomic E-state index is 0.0355. The van der Waals surface area contributed by atoms with Gasteiger partial charge in [0.1, 0.15) is 4.88 Å². The first-order valence-electron chi connectivity index (χ1n) is 7.17. The van der Waals surface area contributed by atoms with Crippen LogP contribution in [0.5, 0.6) is 0 Å². The smallest absolute Gasteiger partial charge is 0.263 e. The van der Waals surface area contributed by atoms with Crippen LogP contribution in [0, 0.1) is 6.92 Å². The van der Waals surface area contributed by atoms with Crippen LogP contribution in [0.3, 0.4) is 0 Å². The van der Waals surface area contributed by atoms with Crippen molar-refractivity contribution in [2.75, 3.05) is 18.5 Å². The van der Waals surface area contributed by atoms with E-state index in [4.69, 9.17) is 5.73 Å². The van der Waals surface area contributed by atoms with Crippen molar-refractivity contribution in [3.63, 3.8) is 0 Å². The SMILES string of the molecule is CSC1(CNC(=O)c2sc3cc(C)ccc3c2N)CCC1. The molecule has 0 bridgehead atoms. The zero-order valence-electron chi connectivity index (χ0n) is 12.4. The Kier molecular flexibility index (Phi) is 3.88. The Morgan fingerprint density at radius 2 is 2.24 bits per heavy atom. The fraction of sp³-hybridized carbons (Fsp3) is 0.438. The lowest BCUT2D eigenvalue weighted by Gasteiger charge is -2.40. The molecule has 1 saturated carbocycles. The first kappa shape index (κ1) is 14.7. The van der Waals surface area contributed by atoms with E-state index in [-0.39, 0.29) is 10.7 Å². The van der Waals surface area contributed by atoms with Gasteiger partial charge in [-0.1, -0.05) is 18.6 Å². The van der Waals surface area contributed by atoms with E-state index < -0.39 is 0 Å². The van der Waals surface area contributed by atoms with Crippen LogP contribution < -0.4 is 11.1 Å². The molecule has 112 valence electrons. The number of aryl methyl sites for hydroxylation is 1. The van der Waals surface area contributed by atoms with Crippen LogP contribution in [0.25, 0.3) is 10.1 Å². The molecule has 5 heteroatoms. The fourth-order valence-electron chi connectivity index (χ4n) is 2.74. The first-order chi connectivity index (χ1) is 10.0. The van der Waals surface area contributed by atoms with Gasteiger partial charge in [0, 0.05) is 21.4 Å². The maximum Gasteiger partial charge on any atom is 0.263 e. The zero-order valence-corrected chi connectivity index (χ0v) is 14.0. The Hall–Kier alpha value is -1.20. The highest BCUT2D eigenvalue weighted by molar-refractivity contribution is 8.00. The molecule has 1 aliphatic carbocycles. The number of nitrogens with two attached hydrogens (primary N) is 1. The number of thioether (sulfide) groups is 1. The van der Waals surface area contributed by atoms with Crippen LogP contribution in [-0.4, -0.2) is 23.5 Å². The molecule has 0 radical (unpaired) electrons. The normalized spacial score (nSPS) is 16.7. The van der Waals surface area contributed by atoms with E-state index >= 15 is 0 Å². The summed E-state index contributed by atoms with van der Waals surface area (Å²) in [5.41, 5.74) is 7.95. The van der Waals surface area contributed by atoms with E-state index in [2.05, 4.69) is 17.6 Å². The number of hydrogen-bond acceptors (Lipinski definition) is 4. The number of hydrogen-bond donors (Lipinski definition) is 2. The number of fused-ring (bicyclic) bond motifs is 1. The van der Waals surface area contributed by atoms with Gasteiger partial charge in [0.15, 0.2) is 0 Å². The van der Waals surface area contributed by atoms with Gasteiger partial charge < -0.3 is 11.1 Å². The van der Waals surface area contributed by atoms with E-state index in [0.717, 1.165) is 16.6 Å². The second-order valence-electron chi connectivity index (χ2n) is 5.77. The zero-order chi connectivity index (χ0) is 15.0. The van der Waals surface area contributed by atoms with Gasteiger partial charge >= 0.3 is 0 Å². The van der Waals surface area contributed by atoms with Crippen LogP contribution in [0.4, 0.5) is 5.69 Å². The number of benzene rings is 1.